The summed E-state index contributed by atoms with van der Waals surface area (Å²) >= 11 is 2.02. The molecule has 0 spiro atoms. The highest BCUT2D eigenvalue weighted by molar-refractivity contribution is 14.1. The lowest BCUT2D eigenvalue weighted by molar-refractivity contribution is -0.384. The second kappa shape index (κ2) is 5.64. The number of non-ortho nitro benzene ring substituents is 1. The molecule has 1 aliphatic carbocycles. The summed E-state index contributed by atoms with van der Waals surface area (Å²) in [6.45, 7) is 0. The van der Waals surface area contributed by atoms with E-state index in [-0.39, 0.29) is 17.6 Å². The van der Waals surface area contributed by atoms with Gasteiger partial charge in [-0.1, -0.05) is 12.8 Å². The predicted octanol–water partition coefficient (Wildman–Crippen LogP) is 2.87. The van der Waals surface area contributed by atoms with E-state index in [2.05, 4.69) is 5.32 Å². The van der Waals surface area contributed by atoms with Gasteiger partial charge in [-0.2, -0.15) is 0 Å². The molecule has 0 bridgehead atoms. The molecule has 2 rings (SSSR count). The first-order valence-corrected chi connectivity index (χ1v) is 6.90. The molecule has 0 aliphatic heterocycles. The van der Waals surface area contributed by atoms with Crippen LogP contribution >= 0.6 is 22.6 Å². The van der Waals surface area contributed by atoms with E-state index in [9.17, 15) is 14.9 Å². The lowest BCUT2D eigenvalue weighted by Gasteiger charge is -2.12. The molecule has 0 atom stereocenters. The van der Waals surface area contributed by atoms with E-state index >= 15 is 0 Å². The number of benzene rings is 1. The number of halogens is 1. The van der Waals surface area contributed by atoms with E-state index in [1.54, 1.807) is 6.07 Å². The van der Waals surface area contributed by atoms with Crippen LogP contribution in [0.3, 0.4) is 0 Å². The van der Waals surface area contributed by atoms with Crippen LogP contribution in [0.1, 0.15) is 36.0 Å². The lowest BCUT2D eigenvalue weighted by atomic mass is 10.1. The van der Waals surface area contributed by atoms with Crippen molar-refractivity contribution in [3.63, 3.8) is 0 Å². The molecule has 0 aromatic heterocycles. The van der Waals surface area contributed by atoms with Gasteiger partial charge in [-0.05, 0) is 41.5 Å². The third-order valence-electron chi connectivity index (χ3n) is 3.10. The van der Waals surface area contributed by atoms with E-state index in [0.717, 1.165) is 29.3 Å². The fourth-order valence-electron chi connectivity index (χ4n) is 2.13. The summed E-state index contributed by atoms with van der Waals surface area (Å²) in [7, 11) is 0. The van der Waals surface area contributed by atoms with Crippen molar-refractivity contribution >= 4 is 34.2 Å². The van der Waals surface area contributed by atoms with Crippen LogP contribution < -0.4 is 5.32 Å². The quantitative estimate of drug-likeness (QED) is 0.512. The zero-order chi connectivity index (χ0) is 13.1. The normalized spacial score (nSPS) is 15.6. The summed E-state index contributed by atoms with van der Waals surface area (Å²) in [6.07, 6.45) is 4.27. The van der Waals surface area contributed by atoms with Crippen LogP contribution in [0.2, 0.25) is 0 Å². The highest BCUT2D eigenvalue weighted by Crippen LogP contribution is 2.22. The molecule has 0 saturated heterocycles. The third kappa shape index (κ3) is 2.98. The molecule has 5 nitrogen and oxygen atoms in total. The Morgan fingerprint density at radius 2 is 2.06 bits per heavy atom. The van der Waals surface area contributed by atoms with Crippen molar-refractivity contribution in [2.75, 3.05) is 0 Å². The van der Waals surface area contributed by atoms with Crippen molar-refractivity contribution in [3.8, 4) is 0 Å². The van der Waals surface area contributed by atoms with Crippen molar-refractivity contribution in [1.29, 1.82) is 0 Å². The van der Waals surface area contributed by atoms with E-state index in [1.165, 1.54) is 12.1 Å². The summed E-state index contributed by atoms with van der Waals surface area (Å²) in [5.74, 6) is -0.213. The van der Waals surface area contributed by atoms with Crippen LogP contribution in [-0.4, -0.2) is 16.9 Å². The minimum Gasteiger partial charge on any atom is -0.349 e. The van der Waals surface area contributed by atoms with Gasteiger partial charge in [0, 0.05) is 21.7 Å². The number of nitrogens with one attached hydrogen (secondary N) is 1. The van der Waals surface area contributed by atoms with Gasteiger partial charge in [-0.25, -0.2) is 0 Å². The van der Waals surface area contributed by atoms with Crippen LogP contribution in [-0.2, 0) is 0 Å². The Balaban J connectivity index is 2.17. The van der Waals surface area contributed by atoms with Gasteiger partial charge >= 0.3 is 0 Å². The maximum Gasteiger partial charge on any atom is 0.270 e. The van der Waals surface area contributed by atoms with Crippen molar-refractivity contribution in [1.82, 2.24) is 5.32 Å². The van der Waals surface area contributed by atoms with Gasteiger partial charge in [0.25, 0.3) is 11.6 Å². The zero-order valence-electron chi connectivity index (χ0n) is 9.69. The number of carbonyl (C=O) groups is 1. The maximum atomic E-state index is 12.1. The number of nitro benzene ring substituents is 1. The van der Waals surface area contributed by atoms with Crippen LogP contribution in [0, 0.1) is 13.7 Å². The van der Waals surface area contributed by atoms with Crippen LogP contribution in [0.4, 0.5) is 5.69 Å². The molecular weight excluding hydrogens is 347 g/mol. The molecule has 0 unspecified atom stereocenters. The molecule has 1 aliphatic rings. The van der Waals surface area contributed by atoms with Gasteiger partial charge in [-0.3, -0.25) is 14.9 Å². The average Bonchev–Trinajstić information content (AvgIpc) is 2.81. The second-order valence-electron chi connectivity index (χ2n) is 4.38. The van der Waals surface area contributed by atoms with Gasteiger partial charge in [0.1, 0.15) is 0 Å². The molecule has 1 saturated carbocycles. The largest absolute Gasteiger partial charge is 0.349 e. The standard InChI is InChI=1S/C12H13IN2O3/c13-11-6-5-9(15(17)18)7-10(11)12(16)14-8-3-1-2-4-8/h5-8H,1-4H2,(H,14,16). The number of hydrogen-bond acceptors (Lipinski definition) is 3. The molecular formula is C12H13IN2O3. The minimum absolute atomic E-state index is 0.0491. The Morgan fingerprint density at radius 3 is 2.67 bits per heavy atom. The highest BCUT2D eigenvalue weighted by atomic mass is 127. The van der Waals surface area contributed by atoms with Crippen molar-refractivity contribution in [2.24, 2.45) is 0 Å². The zero-order valence-corrected chi connectivity index (χ0v) is 11.8. The summed E-state index contributed by atoms with van der Waals surface area (Å²) in [5.41, 5.74) is 0.337. The Labute approximate surface area is 118 Å². The van der Waals surface area contributed by atoms with Crippen molar-refractivity contribution in [2.45, 2.75) is 31.7 Å². The van der Waals surface area contributed by atoms with Gasteiger partial charge in [0.2, 0.25) is 0 Å². The van der Waals surface area contributed by atoms with E-state index in [1.807, 2.05) is 22.6 Å². The van der Waals surface area contributed by atoms with Crippen molar-refractivity contribution < 1.29 is 9.72 Å². The second-order valence-corrected chi connectivity index (χ2v) is 5.54. The van der Waals surface area contributed by atoms with E-state index in [4.69, 9.17) is 0 Å². The molecule has 0 radical (unpaired) electrons. The van der Waals surface area contributed by atoms with Crippen LogP contribution in [0.25, 0.3) is 0 Å². The first-order valence-electron chi connectivity index (χ1n) is 5.83. The Morgan fingerprint density at radius 1 is 1.39 bits per heavy atom. The summed E-state index contributed by atoms with van der Waals surface area (Å²) < 4.78 is 0.730. The Hall–Kier alpha value is -1.18. The molecule has 1 aromatic rings. The molecule has 1 N–H and O–H groups in total. The first-order chi connectivity index (χ1) is 8.58. The third-order valence-corrected chi connectivity index (χ3v) is 4.04. The number of nitro groups is 1. The Bertz CT molecular complexity index is 484. The fraction of sp³-hybridized carbons (Fsp3) is 0.417. The topological polar surface area (TPSA) is 72.2 Å². The molecule has 1 aromatic carbocycles. The predicted molar refractivity (Wildman–Crippen MR) is 75.5 cm³/mol. The number of hydrogen-bond donors (Lipinski definition) is 1. The van der Waals surface area contributed by atoms with Crippen LogP contribution in [0.15, 0.2) is 18.2 Å². The first kappa shape index (κ1) is 13.3. The monoisotopic (exact) mass is 360 g/mol. The van der Waals surface area contributed by atoms with Gasteiger partial charge < -0.3 is 5.32 Å². The maximum absolute atomic E-state index is 12.1. The molecule has 1 amide bonds. The smallest absolute Gasteiger partial charge is 0.270 e. The lowest BCUT2D eigenvalue weighted by Crippen LogP contribution is -2.33. The fourth-order valence-corrected chi connectivity index (χ4v) is 2.71. The average molecular weight is 360 g/mol. The summed E-state index contributed by atoms with van der Waals surface area (Å²) in [6, 6.07) is 4.56. The number of rotatable bonds is 3. The molecule has 96 valence electrons. The molecule has 1 fully saturated rings. The molecule has 0 heterocycles. The number of amides is 1. The van der Waals surface area contributed by atoms with Crippen LogP contribution in [0.5, 0.6) is 0 Å². The van der Waals surface area contributed by atoms with Gasteiger partial charge in [0.05, 0.1) is 10.5 Å². The Kier molecular flexibility index (Phi) is 4.15. The van der Waals surface area contributed by atoms with E-state index < -0.39 is 4.92 Å². The number of nitrogens with zero attached hydrogens (tertiary/aromatic N) is 1. The molecule has 18 heavy (non-hydrogen) atoms. The molecule has 6 heteroatoms. The highest BCUT2D eigenvalue weighted by Gasteiger charge is 2.20. The summed E-state index contributed by atoms with van der Waals surface area (Å²) in [4.78, 5) is 22.3. The van der Waals surface area contributed by atoms with E-state index in [0.29, 0.717) is 5.56 Å². The number of carbonyl (C=O) groups excluding carboxylic acids is 1. The SMILES string of the molecule is O=C(NC1CCCC1)c1cc([N+](=O)[O-])ccc1I. The van der Waals surface area contributed by atoms with Gasteiger partial charge in [0.15, 0.2) is 0 Å². The van der Waals surface area contributed by atoms with Gasteiger partial charge in [-0.15, -0.1) is 0 Å². The van der Waals surface area contributed by atoms with Crippen molar-refractivity contribution in [3.05, 3.63) is 37.4 Å². The minimum atomic E-state index is -0.484. The summed E-state index contributed by atoms with van der Waals surface area (Å²) in [5, 5.41) is 13.6.